The largest absolute Gasteiger partial charge is 0.354 e. The van der Waals surface area contributed by atoms with E-state index < -0.39 is 5.54 Å². The molecule has 4 nitrogen and oxygen atoms in total. The first-order valence-electron chi connectivity index (χ1n) is 10.4. The second kappa shape index (κ2) is 8.64. The fourth-order valence-corrected chi connectivity index (χ4v) is 3.93. The molecule has 1 unspecified atom stereocenters. The lowest BCUT2D eigenvalue weighted by Gasteiger charge is -2.33. The molecule has 4 heteroatoms. The van der Waals surface area contributed by atoms with E-state index in [0.717, 1.165) is 29.5 Å². The molecule has 0 saturated carbocycles. The Morgan fingerprint density at radius 2 is 1.79 bits per heavy atom. The molecule has 152 valence electrons. The molecule has 1 amide bonds. The van der Waals surface area contributed by atoms with Gasteiger partial charge < -0.3 is 9.88 Å². The second-order valence-corrected chi connectivity index (χ2v) is 7.91. The standard InChI is InChI=1S/C25H30N2O2/c1-5-14-25(4,24(29)26-15-6-2)27-17-21(19-10-8-7-9-11-19)23(28)20-13-12-18(3)16-22(20)27/h7-13,16-17H,5-6,14-15H2,1-4H3,(H,26,29). The molecule has 2 aromatic carbocycles. The second-order valence-electron chi connectivity index (χ2n) is 7.91. The molecule has 1 N–H and O–H groups in total. The third-order valence-electron chi connectivity index (χ3n) is 5.54. The van der Waals surface area contributed by atoms with Crippen molar-refractivity contribution in [2.24, 2.45) is 0 Å². The molecule has 0 saturated heterocycles. The molecule has 3 rings (SSSR count). The zero-order chi connectivity index (χ0) is 21.0. The molecular formula is C25H30N2O2. The van der Waals surface area contributed by atoms with Crippen molar-refractivity contribution in [2.45, 2.75) is 52.5 Å². The normalized spacial score (nSPS) is 13.2. The number of fused-ring (bicyclic) bond motifs is 1. The maximum absolute atomic E-state index is 13.3. The maximum Gasteiger partial charge on any atom is 0.245 e. The monoisotopic (exact) mass is 390 g/mol. The maximum atomic E-state index is 13.3. The average molecular weight is 391 g/mol. The van der Waals surface area contributed by atoms with Crippen molar-refractivity contribution in [3.8, 4) is 11.1 Å². The summed E-state index contributed by atoms with van der Waals surface area (Å²) in [5.41, 5.74) is 2.56. The predicted octanol–water partition coefficient (Wildman–Crippen LogP) is 5.02. The molecule has 0 aliphatic heterocycles. The minimum atomic E-state index is -0.785. The highest BCUT2D eigenvalue weighted by atomic mass is 16.2. The van der Waals surface area contributed by atoms with Crippen molar-refractivity contribution in [1.29, 1.82) is 0 Å². The van der Waals surface area contributed by atoms with Gasteiger partial charge in [0.05, 0.1) is 5.52 Å². The predicted molar refractivity (Wildman–Crippen MR) is 120 cm³/mol. The zero-order valence-corrected chi connectivity index (χ0v) is 17.8. The highest BCUT2D eigenvalue weighted by Crippen LogP contribution is 2.30. The SMILES string of the molecule is CCCNC(=O)C(C)(CCC)n1cc(-c2ccccc2)c(=O)c2ccc(C)cc21. The Morgan fingerprint density at radius 1 is 1.07 bits per heavy atom. The third kappa shape index (κ3) is 3.98. The Hall–Kier alpha value is -2.88. The van der Waals surface area contributed by atoms with Crippen molar-refractivity contribution >= 4 is 16.8 Å². The summed E-state index contributed by atoms with van der Waals surface area (Å²) in [7, 11) is 0. The summed E-state index contributed by atoms with van der Waals surface area (Å²) in [6.45, 7) is 8.75. The van der Waals surface area contributed by atoms with Crippen LogP contribution in [0.1, 0.15) is 45.6 Å². The lowest BCUT2D eigenvalue weighted by molar-refractivity contribution is -0.129. The van der Waals surface area contributed by atoms with E-state index in [2.05, 4.69) is 12.2 Å². The number of pyridine rings is 1. The van der Waals surface area contributed by atoms with Crippen molar-refractivity contribution in [1.82, 2.24) is 9.88 Å². The Morgan fingerprint density at radius 3 is 2.45 bits per heavy atom. The van der Waals surface area contributed by atoms with Crippen molar-refractivity contribution in [2.75, 3.05) is 6.54 Å². The van der Waals surface area contributed by atoms with Gasteiger partial charge in [0.2, 0.25) is 5.91 Å². The molecule has 1 atom stereocenters. The molecule has 0 radical (unpaired) electrons. The number of amides is 1. The van der Waals surface area contributed by atoms with Gasteiger partial charge in [-0.2, -0.15) is 0 Å². The van der Waals surface area contributed by atoms with Crippen LogP contribution in [0, 0.1) is 6.92 Å². The summed E-state index contributed by atoms with van der Waals surface area (Å²) >= 11 is 0. The lowest BCUT2D eigenvalue weighted by atomic mass is 9.92. The van der Waals surface area contributed by atoms with Crippen LogP contribution in [0.3, 0.4) is 0 Å². The van der Waals surface area contributed by atoms with Crippen LogP contribution in [0.5, 0.6) is 0 Å². The first-order chi connectivity index (χ1) is 13.9. The van der Waals surface area contributed by atoms with Crippen molar-refractivity contribution in [3.63, 3.8) is 0 Å². The number of nitrogens with zero attached hydrogens (tertiary/aromatic N) is 1. The van der Waals surface area contributed by atoms with E-state index in [9.17, 15) is 9.59 Å². The number of aromatic nitrogens is 1. The van der Waals surface area contributed by atoms with Gasteiger partial charge in [-0.25, -0.2) is 0 Å². The molecule has 0 bridgehead atoms. The molecule has 0 aliphatic rings. The van der Waals surface area contributed by atoms with E-state index in [1.807, 2.05) is 80.1 Å². The van der Waals surface area contributed by atoms with E-state index in [-0.39, 0.29) is 11.3 Å². The van der Waals surface area contributed by atoms with Gasteiger partial charge in [-0.05, 0) is 49.9 Å². The number of benzene rings is 2. The van der Waals surface area contributed by atoms with E-state index in [1.54, 1.807) is 0 Å². The van der Waals surface area contributed by atoms with Crippen LogP contribution in [-0.2, 0) is 10.3 Å². The van der Waals surface area contributed by atoms with Gasteiger partial charge in [0, 0.05) is 23.7 Å². The summed E-state index contributed by atoms with van der Waals surface area (Å²) in [4.78, 5) is 26.6. The molecular weight excluding hydrogens is 360 g/mol. The number of hydrogen-bond acceptors (Lipinski definition) is 2. The summed E-state index contributed by atoms with van der Waals surface area (Å²) in [6.07, 6.45) is 4.30. The van der Waals surface area contributed by atoms with E-state index in [0.29, 0.717) is 23.9 Å². The van der Waals surface area contributed by atoms with Crippen LogP contribution in [0.2, 0.25) is 0 Å². The number of aryl methyl sites for hydroxylation is 1. The Kier molecular flexibility index (Phi) is 6.21. The average Bonchev–Trinajstić information content (AvgIpc) is 2.72. The Balaban J connectivity index is 2.34. The third-order valence-corrected chi connectivity index (χ3v) is 5.54. The first kappa shape index (κ1) is 20.8. The molecule has 1 heterocycles. The van der Waals surface area contributed by atoms with E-state index in [1.165, 1.54) is 0 Å². The highest BCUT2D eigenvalue weighted by molar-refractivity contribution is 5.90. The fourth-order valence-electron chi connectivity index (χ4n) is 3.93. The van der Waals surface area contributed by atoms with Gasteiger partial charge in [0.15, 0.2) is 5.43 Å². The van der Waals surface area contributed by atoms with Gasteiger partial charge in [0.1, 0.15) is 5.54 Å². The number of nitrogens with one attached hydrogen (secondary N) is 1. The van der Waals surface area contributed by atoms with Crippen molar-refractivity contribution < 1.29 is 4.79 Å². The fraction of sp³-hybridized carbons (Fsp3) is 0.360. The van der Waals surface area contributed by atoms with Crippen LogP contribution >= 0.6 is 0 Å². The first-order valence-corrected chi connectivity index (χ1v) is 10.4. The van der Waals surface area contributed by atoms with Gasteiger partial charge in [0.25, 0.3) is 0 Å². The summed E-state index contributed by atoms with van der Waals surface area (Å²) < 4.78 is 2.02. The Bertz CT molecular complexity index is 1070. The quantitative estimate of drug-likeness (QED) is 0.616. The number of carbonyl (C=O) groups excluding carboxylic acids is 1. The topological polar surface area (TPSA) is 51.1 Å². The van der Waals surface area contributed by atoms with Crippen LogP contribution in [0.15, 0.2) is 59.5 Å². The molecule has 0 fully saturated rings. The number of carbonyl (C=O) groups is 1. The van der Waals surface area contributed by atoms with E-state index >= 15 is 0 Å². The van der Waals surface area contributed by atoms with Gasteiger partial charge in [-0.3, -0.25) is 9.59 Å². The Labute approximate surface area is 172 Å². The van der Waals surface area contributed by atoms with Gasteiger partial charge >= 0.3 is 0 Å². The van der Waals surface area contributed by atoms with Crippen LogP contribution in [-0.4, -0.2) is 17.0 Å². The molecule has 1 aromatic heterocycles. The molecule has 29 heavy (non-hydrogen) atoms. The van der Waals surface area contributed by atoms with Crippen LogP contribution < -0.4 is 10.7 Å². The van der Waals surface area contributed by atoms with Gasteiger partial charge in [-0.15, -0.1) is 0 Å². The molecule has 0 aliphatic carbocycles. The summed E-state index contributed by atoms with van der Waals surface area (Å²) in [5.74, 6) is -0.00772. The minimum absolute atomic E-state index is 0.00438. The minimum Gasteiger partial charge on any atom is -0.354 e. The van der Waals surface area contributed by atoms with Crippen LogP contribution in [0.4, 0.5) is 0 Å². The summed E-state index contributed by atoms with van der Waals surface area (Å²) in [5, 5.41) is 3.71. The molecule has 3 aromatic rings. The van der Waals surface area contributed by atoms with Gasteiger partial charge in [-0.1, -0.05) is 56.7 Å². The van der Waals surface area contributed by atoms with Crippen LogP contribution in [0.25, 0.3) is 22.0 Å². The van der Waals surface area contributed by atoms with E-state index in [4.69, 9.17) is 0 Å². The number of rotatable bonds is 7. The smallest absolute Gasteiger partial charge is 0.245 e. The summed E-state index contributed by atoms with van der Waals surface area (Å²) in [6, 6.07) is 15.5. The van der Waals surface area contributed by atoms with Crippen molar-refractivity contribution in [3.05, 3.63) is 70.5 Å². The zero-order valence-electron chi connectivity index (χ0n) is 17.8. The molecule has 0 spiro atoms. The highest BCUT2D eigenvalue weighted by Gasteiger charge is 2.35. The number of hydrogen-bond donors (Lipinski definition) is 1. The lowest BCUT2D eigenvalue weighted by Crippen LogP contribution is -2.47.